The van der Waals surface area contributed by atoms with E-state index >= 15 is 0 Å². The van der Waals surface area contributed by atoms with Crippen LogP contribution >= 0.6 is 0 Å². The number of nitrogens with one attached hydrogen (secondary N) is 1. The number of ether oxygens (including phenoxy) is 1. The Morgan fingerprint density at radius 2 is 2.20 bits per heavy atom. The van der Waals surface area contributed by atoms with E-state index in [0.717, 1.165) is 25.2 Å². The average Bonchev–Trinajstić information content (AvgIpc) is 2.47. The molecule has 2 bridgehead atoms. The normalized spacial score (nSPS) is 25.6. The maximum Gasteiger partial charge on any atom is 0.0737 e. The van der Waals surface area contributed by atoms with E-state index in [2.05, 4.69) is 41.5 Å². The highest BCUT2D eigenvalue weighted by Gasteiger charge is 2.27. The fourth-order valence-corrected chi connectivity index (χ4v) is 3.37. The first-order valence-electron chi connectivity index (χ1n) is 7.20. The smallest absolute Gasteiger partial charge is 0.0737 e. The molecule has 3 heteroatoms. The van der Waals surface area contributed by atoms with Gasteiger partial charge in [-0.25, -0.2) is 0 Å². The van der Waals surface area contributed by atoms with E-state index in [1.54, 1.807) is 0 Å². The second kappa shape index (κ2) is 4.69. The minimum Gasteiger partial charge on any atom is -0.378 e. The number of pyridine rings is 1. The first-order chi connectivity index (χ1) is 9.81. The number of nitrogens with zero attached hydrogens (tertiary/aromatic N) is 1. The summed E-state index contributed by atoms with van der Waals surface area (Å²) in [6.45, 7) is 3.78. The van der Waals surface area contributed by atoms with Crippen LogP contribution in [0.2, 0.25) is 0 Å². The number of aryl methyl sites for hydroxylation is 1. The molecule has 1 aromatic carbocycles. The first-order valence-corrected chi connectivity index (χ1v) is 7.20. The maximum absolute atomic E-state index is 5.60. The van der Waals surface area contributed by atoms with Gasteiger partial charge in [0.15, 0.2) is 0 Å². The predicted molar refractivity (Wildman–Crippen MR) is 80.6 cm³/mol. The standard InChI is InChI=1S/C17H18N2O/c1-11-16(5-4-12-3-2-6-18-17(11)12)13-7-14-9-20-10-15(8-13)19-14/h2-7,14-15,19H,8-10H2,1H3. The second-order valence-electron chi connectivity index (χ2n) is 5.72. The van der Waals surface area contributed by atoms with Crippen molar-refractivity contribution in [1.82, 2.24) is 10.3 Å². The van der Waals surface area contributed by atoms with Gasteiger partial charge >= 0.3 is 0 Å². The van der Waals surface area contributed by atoms with Gasteiger partial charge in [0.05, 0.1) is 18.7 Å². The van der Waals surface area contributed by atoms with Gasteiger partial charge in [-0.3, -0.25) is 4.98 Å². The topological polar surface area (TPSA) is 34.1 Å². The van der Waals surface area contributed by atoms with Gasteiger partial charge in [-0.05, 0) is 36.1 Å². The Morgan fingerprint density at radius 3 is 3.10 bits per heavy atom. The number of fused-ring (bicyclic) bond motifs is 3. The molecule has 2 aliphatic heterocycles. The minimum absolute atomic E-state index is 0.358. The molecule has 0 radical (unpaired) electrons. The molecule has 3 nitrogen and oxygen atoms in total. The summed E-state index contributed by atoms with van der Waals surface area (Å²) < 4.78 is 5.60. The van der Waals surface area contributed by atoms with Gasteiger partial charge in [-0.2, -0.15) is 0 Å². The van der Waals surface area contributed by atoms with Gasteiger partial charge in [0, 0.05) is 23.7 Å². The van der Waals surface area contributed by atoms with Gasteiger partial charge in [-0.1, -0.05) is 24.3 Å². The van der Waals surface area contributed by atoms with Gasteiger partial charge in [0.2, 0.25) is 0 Å². The Hall–Kier alpha value is -1.71. The molecular weight excluding hydrogens is 248 g/mol. The molecule has 2 unspecified atom stereocenters. The first kappa shape index (κ1) is 12.1. The van der Waals surface area contributed by atoms with Crippen LogP contribution in [0.4, 0.5) is 0 Å². The fraction of sp³-hybridized carbons (Fsp3) is 0.353. The van der Waals surface area contributed by atoms with E-state index in [9.17, 15) is 0 Å². The third-order valence-electron chi connectivity index (χ3n) is 4.31. The van der Waals surface area contributed by atoms with E-state index in [-0.39, 0.29) is 0 Å². The van der Waals surface area contributed by atoms with Crippen molar-refractivity contribution in [1.29, 1.82) is 0 Å². The fourth-order valence-electron chi connectivity index (χ4n) is 3.37. The zero-order valence-electron chi connectivity index (χ0n) is 11.6. The van der Waals surface area contributed by atoms with Crippen molar-refractivity contribution in [3.05, 3.63) is 47.7 Å². The third-order valence-corrected chi connectivity index (χ3v) is 4.31. The van der Waals surface area contributed by atoms with Gasteiger partial charge in [0.1, 0.15) is 0 Å². The SMILES string of the molecule is Cc1c(C2=CC3COCC(C2)N3)ccc2cccnc12. The summed E-state index contributed by atoms with van der Waals surface area (Å²) >= 11 is 0. The van der Waals surface area contributed by atoms with Crippen LogP contribution in [-0.4, -0.2) is 30.3 Å². The molecule has 3 heterocycles. The van der Waals surface area contributed by atoms with Crippen molar-refractivity contribution >= 4 is 16.5 Å². The highest BCUT2D eigenvalue weighted by atomic mass is 16.5. The van der Waals surface area contributed by atoms with Crippen LogP contribution in [0.3, 0.4) is 0 Å². The Labute approximate surface area is 118 Å². The van der Waals surface area contributed by atoms with E-state index < -0.39 is 0 Å². The summed E-state index contributed by atoms with van der Waals surface area (Å²) in [7, 11) is 0. The molecule has 102 valence electrons. The van der Waals surface area contributed by atoms with Gasteiger partial charge < -0.3 is 10.1 Å². The summed E-state index contributed by atoms with van der Waals surface area (Å²) in [6.07, 6.45) is 5.24. The van der Waals surface area contributed by atoms with Gasteiger partial charge in [-0.15, -0.1) is 0 Å². The van der Waals surface area contributed by atoms with Crippen LogP contribution in [0.15, 0.2) is 36.5 Å². The van der Waals surface area contributed by atoms with Crippen LogP contribution in [-0.2, 0) is 4.74 Å². The molecule has 1 fully saturated rings. The maximum atomic E-state index is 5.60. The lowest BCUT2D eigenvalue weighted by Crippen LogP contribution is -2.50. The van der Waals surface area contributed by atoms with Crippen LogP contribution in [0, 0.1) is 6.92 Å². The summed E-state index contributed by atoms with van der Waals surface area (Å²) in [5.41, 5.74) is 5.18. The summed E-state index contributed by atoms with van der Waals surface area (Å²) in [6, 6.07) is 9.35. The quantitative estimate of drug-likeness (QED) is 0.861. The summed E-state index contributed by atoms with van der Waals surface area (Å²) in [5, 5.41) is 4.81. The van der Waals surface area contributed by atoms with E-state index in [1.165, 1.54) is 22.1 Å². The molecule has 2 aliphatic rings. The number of hydrogen-bond donors (Lipinski definition) is 1. The lowest BCUT2D eigenvalue weighted by atomic mass is 9.88. The Kier molecular flexibility index (Phi) is 2.83. The molecular formula is C17H18N2O. The number of aromatic nitrogens is 1. The molecule has 0 amide bonds. The highest BCUT2D eigenvalue weighted by Crippen LogP contribution is 2.31. The van der Waals surface area contributed by atoms with Crippen molar-refractivity contribution in [2.75, 3.05) is 13.2 Å². The number of hydrogen-bond acceptors (Lipinski definition) is 3. The molecule has 2 atom stereocenters. The Balaban J connectivity index is 1.82. The molecule has 4 rings (SSSR count). The van der Waals surface area contributed by atoms with E-state index in [1.807, 2.05) is 12.3 Å². The van der Waals surface area contributed by atoms with Crippen molar-refractivity contribution in [2.45, 2.75) is 25.4 Å². The van der Waals surface area contributed by atoms with Crippen molar-refractivity contribution < 1.29 is 4.74 Å². The second-order valence-corrected chi connectivity index (χ2v) is 5.72. The van der Waals surface area contributed by atoms with Crippen LogP contribution < -0.4 is 5.32 Å². The van der Waals surface area contributed by atoms with Crippen LogP contribution in [0.1, 0.15) is 17.5 Å². The lowest BCUT2D eigenvalue weighted by molar-refractivity contribution is 0.0561. The Morgan fingerprint density at radius 1 is 1.25 bits per heavy atom. The number of morpholine rings is 1. The summed E-state index contributed by atoms with van der Waals surface area (Å²) in [4.78, 5) is 4.54. The monoisotopic (exact) mass is 266 g/mol. The molecule has 1 saturated heterocycles. The van der Waals surface area contributed by atoms with Crippen LogP contribution in [0.5, 0.6) is 0 Å². The molecule has 0 spiro atoms. The number of rotatable bonds is 1. The minimum atomic E-state index is 0.358. The molecule has 1 aromatic heterocycles. The molecule has 0 saturated carbocycles. The zero-order valence-corrected chi connectivity index (χ0v) is 11.6. The van der Waals surface area contributed by atoms with E-state index in [0.29, 0.717) is 12.1 Å². The number of benzene rings is 1. The molecule has 2 aromatic rings. The lowest BCUT2D eigenvalue weighted by Gasteiger charge is -2.35. The van der Waals surface area contributed by atoms with Gasteiger partial charge in [0.25, 0.3) is 0 Å². The van der Waals surface area contributed by atoms with Crippen LogP contribution in [0.25, 0.3) is 16.5 Å². The summed E-state index contributed by atoms with van der Waals surface area (Å²) in [5.74, 6) is 0. The largest absolute Gasteiger partial charge is 0.378 e. The van der Waals surface area contributed by atoms with Crippen molar-refractivity contribution in [3.8, 4) is 0 Å². The van der Waals surface area contributed by atoms with E-state index in [4.69, 9.17) is 4.74 Å². The Bertz CT molecular complexity index is 692. The molecule has 0 aliphatic carbocycles. The average molecular weight is 266 g/mol. The van der Waals surface area contributed by atoms with Crippen molar-refractivity contribution in [3.63, 3.8) is 0 Å². The third kappa shape index (κ3) is 1.94. The van der Waals surface area contributed by atoms with Crippen molar-refractivity contribution in [2.24, 2.45) is 0 Å². The molecule has 1 N–H and O–H groups in total. The predicted octanol–water partition coefficient (Wildman–Crippen LogP) is 2.69. The zero-order chi connectivity index (χ0) is 13.5. The highest BCUT2D eigenvalue weighted by molar-refractivity contribution is 5.87. The molecule has 20 heavy (non-hydrogen) atoms.